The number of aromatic nitrogens is 1. The van der Waals surface area contributed by atoms with Gasteiger partial charge in [0.05, 0.1) is 23.7 Å². The third-order valence-corrected chi connectivity index (χ3v) is 2.46. The highest BCUT2D eigenvalue weighted by Gasteiger charge is 2.16. The minimum absolute atomic E-state index is 0.0782. The Labute approximate surface area is 99.5 Å². The van der Waals surface area contributed by atoms with Crippen LogP contribution in [0.4, 0.5) is 8.78 Å². The first-order valence-corrected chi connectivity index (χ1v) is 5.40. The first kappa shape index (κ1) is 12.5. The lowest BCUT2D eigenvalue weighted by molar-refractivity contribution is 0.145. The maximum absolute atomic E-state index is 12.5. The van der Waals surface area contributed by atoms with E-state index in [1.54, 1.807) is 0 Å². The number of alkyl halides is 3. The van der Waals surface area contributed by atoms with Crippen LogP contribution in [-0.2, 0) is 11.8 Å². The van der Waals surface area contributed by atoms with Gasteiger partial charge in [0.15, 0.2) is 0 Å². The highest BCUT2D eigenvalue weighted by atomic mass is 79.9. The van der Waals surface area contributed by atoms with Crippen molar-refractivity contribution in [3.8, 4) is 12.1 Å². The van der Waals surface area contributed by atoms with Crippen LogP contribution in [0.2, 0.25) is 0 Å². The molecule has 0 bridgehead atoms. The van der Waals surface area contributed by atoms with Crippen molar-refractivity contribution in [2.75, 3.05) is 0 Å². The number of hydrogen-bond acceptors (Lipinski definition) is 3. The van der Waals surface area contributed by atoms with Crippen molar-refractivity contribution in [3.63, 3.8) is 0 Å². The smallest absolute Gasteiger partial charge is 0.250 e. The van der Waals surface area contributed by atoms with Crippen molar-refractivity contribution in [2.45, 2.75) is 18.2 Å². The van der Waals surface area contributed by atoms with Crippen LogP contribution in [0.25, 0.3) is 0 Å². The van der Waals surface area contributed by atoms with Gasteiger partial charge in [-0.1, -0.05) is 15.9 Å². The van der Waals surface area contributed by atoms with Gasteiger partial charge in [-0.15, -0.1) is 0 Å². The minimum Gasteiger partial charge on any atom is -0.250 e. The van der Waals surface area contributed by atoms with Gasteiger partial charge >= 0.3 is 0 Å². The second-order valence-corrected chi connectivity index (χ2v) is 3.47. The van der Waals surface area contributed by atoms with Crippen molar-refractivity contribution in [2.24, 2.45) is 0 Å². The largest absolute Gasteiger partial charge is 0.280 e. The Balaban J connectivity index is 3.40. The van der Waals surface area contributed by atoms with Gasteiger partial charge < -0.3 is 0 Å². The summed E-state index contributed by atoms with van der Waals surface area (Å²) in [6, 6.07) is 4.82. The molecule has 0 aliphatic heterocycles. The number of halogens is 3. The molecule has 82 valence electrons. The van der Waals surface area contributed by atoms with Gasteiger partial charge in [-0.2, -0.15) is 10.5 Å². The summed E-state index contributed by atoms with van der Waals surface area (Å²) in [5.41, 5.74) is 0.330. The minimum atomic E-state index is -2.71. The van der Waals surface area contributed by atoms with E-state index in [1.807, 2.05) is 12.1 Å². The van der Waals surface area contributed by atoms with E-state index in [-0.39, 0.29) is 23.0 Å². The topological polar surface area (TPSA) is 60.5 Å². The molecule has 0 saturated heterocycles. The van der Waals surface area contributed by atoms with Crippen molar-refractivity contribution < 1.29 is 8.78 Å². The zero-order chi connectivity index (χ0) is 12.1. The Bertz CT molecular complexity index is 474. The summed E-state index contributed by atoms with van der Waals surface area (Å²) >= 11 is 3.08. The molecule has 1 heterocycles. The van der Waals surface area contributed by atoms with E-state index >= 15 is 0 Å². The van der Waals surface area contributed by atoms with Gasteiger partial charge in [0.1, 0.15) is 11.8 Å². The van der Waals surface area contributed by atoms with Crippen molar-refractivity contribution in [1.82, 2.24) is 4.98 Å². The van der Waals surface area contributed by atoms with Crippen molar-refractivity contribution in [3.05, 3.63) is 28.6 Å². The van der Waals surface area contributed by atoms with Gasteiger partial charge in [0, 0.05) is 5.33 Å². The second-order valence-electron chi connectivity index (χ2n) is 2.91. The molecule has 0 aliphatic rings. The molecular formula is C10H6BrF2N3. The summed E-state index contributed by atoms with van der Waals surface area (Å²) in [6.07, 6.45) is -2.78. The summed E-state index contributed by atoms with van der Waals surface area (Å²) in [6.45, 7) is 0. The Morgan fingerprint density at radius 2 is 2.12 bits per heavy atom. The summed E-state index contributed by atoms with van der Waals surface area (Å²) in [5, 5.41) is 17.6. The summed E-state index contributed by atoms with van der Waals surface area (Å²) < 4.78 is 25.0. The third kappa shape index (κ3) is 2.53. The standard InChI is InChI=1S/C10H6BrF2N3/c11-4-9-7(5-15)6(1-2-14)3-8(16-9)10(12)13/h3,10H,1,4H2. The molecule has 1 aromatic rings. The molecule has 0 unspecified atom stereocenters. The molecule has 0 aromatic carbocycles. The van der Waals surface area contributed by atoms with Gasteiger partial charge in [-0.25, -0.2) is 13.8 Å². The molecule has 0 aliphatic carbocycles. The van der Waals surface area contributed by atoms with Crippen LogP contribution in [0.1, 0.15) is 28.9 Å². The quantitative estimate of drug-likeness (QED) is 0.803. The lowest BCUT2D eigenvalue weighted by Gasteiger charge is -2.07. The number of pyridine rings is 1. The van der Waals surface area contributed by atoms with Gasteiger partial charge in [0.25, 0.3) is 6.43 Å². The zero-order valence-electron chi connectivity index (χ0n) is 8.04. The Kier molecular flexibility index (Phi) is 4.33. The van der Waals surface area contributed by atoms with Crippen LogP contribution in [0.15, 0.2) is 6.07 Å². The predicted octanol–water partition coefficient (Wildman–Crippen LogP) is 2.85. The molecule has 6 heteroatoms. The van der Waals surface area contributed by atoms with Crippen LogP contribution < -0.4 is 0 Å². The predicted molar refractivity (Wildman–Crippen MR) is 55.9 cm³/mol. The van der Waals surface area contributed by atoms with Crippen molar-refractivity contribution in [1.29, 1.82) is 10.5 Å². The normalized spacial score (nSPS) is 9.88. The van der Waals surface area contributed by atoms with Crippen LogP contribution in [0, 0.1) is 22.7 Å². The first-order valence-electron chi connectivity index (χ1n) is 4.27. The van der Waals surface area contributed by atoms with Crippen LogP contribution in [0.3, 0.4) is 0 Å². The number of nitrogens with zero attached hydrogens (tertiary/aromatic N) is 3. The average molecular weight is 286 g/mol. The van der Waals surface area contributed by atoms with E-state index in [0.717, 1.165) is 6.07 Å². The average Bonchev–Trinajstić information content (AvgIpc) is 2.28. The number of hydrogen-bond donors (Lipinski definition) is 0. The Hall–Kier alpha value is -1.53. The maximum atomic E-state index is 12.5. The molecule has 1 rings (SSSR count). The molecular weight excluding hydrogens is 280 g/mol. The summed E-state index contributed by atoms with van der Waals surface area (Å²) in [4.78, 5) is 3.68. The number of nitriles is 2. The van der Waals surface area contributed by atoms with Crippen LogP contribution >= 0.6 is 15.9 Å². The fraction of sp³-hybridized carbons (Fsp3) is 0.300. The lowest BCUT2D eigenvalue weighted by Crippen LogP contribution is -2.03. The Morgan fingerprint density at radius 1 is 1.44 bits per heavy atom. The van der Waals surface area contributed by atoms with Crippen LogP contribution in [-0.4, -0.2) is 4.98 Å². The monoisotopic (exact) mass is 285 g/mol. The second kappa shape index (κ2) is 5.53. The molecule has 0 amide bonds. The lowest BCUT2D eigenvalue weighted by atomic mass is 10.0. The molecule has 3 nitrogen and oxygen atoms in total. The highest BCUT2D eigenvalue weighted by Crippen LogP contribution is 2.23. The maximum Gasteiger partial charge on any atom is 0.280 e. The Morgan fingerprint density at radius 3 is 2.56 bits per heavy atom. The van der Waals surface area contributed by atoms with E-state index < -0.39 is 12.1 Å². The van der Waals surface area contributed by atoms with Crippen LogP contribution in [0.5, 0.6) is 0 Å². The molecule has 16 heavy (non-hydrogen) atoms. The van der Waals surface area contributed by atoms with Gasteiger partial charge in [-0.05, 0) is 11.6 Å². The molecule has 0 radical (unpaired) electrons. The zero-order valence-corrected chi connectivity index (χ0v) is 9.63. The van der Waals surface area contributed by atoms with E-state index in [2.05, 4.69) is 20.9 Å². The van der Waals surface area contributed by atoms with Gasteiger partial charge in [-0.3, -0.25) is 0 Å². The molecule has 0 fully saturated rings. The molecule has 0 saturated carbocycles. The first-order chi connectivity index (χ1) is 7.63. The van der Waals surface area contributed by atoms with E-state index in [4.69, 9.17) is 10.5 Å². The van der Waals surface area contributed by atoms with Gasteiger partial charge in [0.2, 0.25) is 0 Å². The number of rotatable bonds is 3. The van der Waals surface area contributed by atoms with E-state index in [0.29, 0.717) is 5.56 Å². The third-order valence-electron chi connectivity index (χ3n) is 1.93. The van der Waals surface area contributed by atoms with Crippen molar-refractivity contribution >= 4 is 15.9 Å². The van der Waals surface area contributed by atoms with E-state index in [1.165, 1.54) is 0 Å². The summed E-state index contributed by atoms with van der Waals surface area (Å²) in [7, 11) is 0. The summed E-state index contributed by atoms with van der Waals surface area (Å²) in [5.74, 6) is 0. The SMILES string of the molecule is N#CCc1cc(C(F)F)nc(CBr)c1C#N. The molecule has 0 atom stereocenters. The molecule has 1 aromatic heterocycles. The fourth-order valence-corrected chi connectivity index (χ4v) is 1.66. The molecule has 0 N–H and O–H groups in total. The highest BCUT2D eigenvalue weighted by molar-refractivity contribution is 9.08. The molecule has 0 spiro atoms. The van der Waals surface area contributed by atoms with E-state index in [9.17, 15) is 8.78 Å². The fourth-order valence-electron chi connectivity index (χ4n) is 1.25.